The third kappa shape index (κ3) is 2.38. The van der Waals surface area contributed by atoms with Crippen molar-refractivity contribution in [1.82, 2.24) is 0 Å². The standard InChI is InChI=1S/C14H15NO2S/c1-3-15(11-5-4-6-12(16)9-11)14(17)13-10(2)7-8-18-13/h4-9,16H,3H2,1-2H3. The molecule has 0 saturated heterocycles. The third-order valence-electron chi connectivity index (χ3n) is 2.76. The van der Waals surface area contributed by atoms with E-state index in [2.05, 4.69) is 0 Å². The van der Waals surface area contributed by atoms with Crippen LogP contribution in [0.25, 0.3) is 0 Å². The topological polar surface area (TPSA) is 40.5 Å². The summed E-state index contributed by atoms with van der Waals surface area (Å²) in [7, 11) is 0. The Kier molecular flexibility index (Phi) is 3.67. The molecule has 0 aliphatic rings. The van der Waals surface area contributed by atoms with Crippen LogP contribution in [0.2, 0.25) is 0 Å². The number of carbonyl (C=O) groups is 1. The summed E-state index contributed by atoms with van der Waals surface area (Å²) in [5.41, 5.74) is 1.71. The Balaban J connectivity index is 2.35. The van der Waals surface area contributed by atoms with Gasteiger partial charge in [-0.15, -0.1) is 11.3 Å². The van der Waals surface area contributed by atoms with Gasteiger partial charge >= 0.3 is 0 Å². The molecular weight excluding hydrogens is 246 g/mol. The van der Waals surface area contributed by atoms with Gasteiger partial charge in [-0.3, -0.25) is 4.79 Å². The SMILES string of the molecule is CCN(C(=O)c1sccc1C)c1cccc(O)c1. The van der Waals surface area contributed by atoms with Crippen LogP contribution in [-0.4, -0.2) is 17.6 Å². The lowest BCUT2D eigenvalue weighted by molar-refractivity contribution is 0.0991. The van der Waals surface area contributed by atoms with Crippen LogP contribution < -0.4 is 4.90 Å². The molecule has 1 N–H and O–H groups in total. The highest BCUT2D eigenvalue weighted by atomic mass is 32.1. The summed E-state index contributed by atoms with van der Waals surface area (Å²) in [5.74, 6) is 0.150. The normalized spacial score (nSPS) is 10.3. The van der Waals surface area contributed by atoms with E-state index >= 15 is 0 Å². The van der Waals surface area contributed by atoms with E-state index in [1.807, 2.05) is 31.4 Å². The number of phenolic OH excluding ortho intramolecular Hbond substituents is 1. The highest BCUT2D eigenvalue weighted by Crippen LogP contribution is 2.24. The summed E-state index contributed by atoms with van der Waals surface area (Å²) in [6.45, 7) is 4.42. The minimum absolute atomic E-state index is 0.0180. The van der Waals surface area contributed by atoms with Gasteiger partial charge < -0.3 is 10.0 Å². The maximum atomic E-state index is 12.4. The Bertz CT molecular complexity index is 562. The third-order valence-corrected chi connectivity index (χ3v) is 3.76. The minimum atomic E-state index is -0.0180. The molecule has 0 bridgehead atoms. The monoisotopic (exact) mass is 261 g/mol. The van der Waals surface area contributed by atoms with Crippen molar-refractivity contribution in [2.75, 3.05) is 11.4 Å². The highest BCUT2D eigenvalue weighted by Gasteiger charge is 2.19. The fourth-order valence-electron chi connectivity index (χ4n) is 1.82. The van der Waals surface area contributed by atoms with Gasteiger partial charge in [0.15, 0.2) is 0 Å². The molecule has 0 saturated carbocycles. The Morgan fingerprint density at radius 1 is 1.39 bits per heavy atom. The number of anilines is 1. The fourth-order valence-corrected chi connectivity index (χ4v) is 2.69. The van der Waals surface area contributed by atoms with Crippen molar-refractivity contribution in [3.63, 3.8) is 0 Å². The number of phenols is 1. The quantitative estimate of drug-likeness (QED) is 0.919. The van der Waals surface area contributed by atoms with Crippen molar-refractivity contribution in [1.29, 1.82) is 0 Å². The number of benzene rings is 1. The van der Waals surface area contributed by atoms with E-state index < -0.39 is 0 Å². The van der Waals surface area contributed by atoms with Crippen LogP contribution in [0.5, 0.6) is 5.75 Å². The van der Waals surface area contributed by atoms with Crippen LogP contribution >= 0.6 is 11.3 Å². The van der Waals surface area contributed by atoms with Crippen molar-refractivity contribution >= 4 is 22.9 Å². The molecule has 1 aromatic carbocycles. The summed E-state index contributed by atoms with van der Waals surface area (Å²) < 4.78 is 0. The number of carbonyl (C=O) groups excluding carboxylic acids is 1. The summed E-state index contributed by atoms with van der Waals surface area (Å²) in [4.78, 5) is 14.8. The van der Waals surface area contributed by atoms with Gasteiger partial charge in [0.05, 0.1) is 4.88 Å². The molecule has 0 fully saturated rings. The van der Waals surface area contributed by atoms with E-state index in [0.717, 1.165) is 16.1 Å². The van der Waals surface area contributed by atoms with Crippen molar-refractivity contribution < 1.29 is 9.90 Å². The molecule has 2 aromatic rings. The first-order valence-corrected chi connectivity index (χ1v) is 6.66. The first kappa shape index (κ1) is 12.6. The van der Waals surface area contributed by atoms with Gasteiger partial charge in [-0.05, 0) is 43.0 Å². The largest absolute Gasteiger partial charge is 0.508 e. The van der Waals surface area contributed by atoms with Crippen LogP contribution in [0.15, 0.2) is 35.7 Å². The maximum absolute atomic E-state index is 12.4. The maximum Gasteiger partial charge on any atom is 0.268 e. The first-order chi connectivity index (χ1) is 8.63. The number of amides is 1. The molecule has 4 heteroatoms. The van der Waals surface area contributed by atoms with E-state index in [0.29, 0.717) is 6.54 Å². The lowest BCUT2D eigenvalue weighted by atomic mass is 10.2. The molecule has 1 heterocycles. The molecule has 0 spiro atoms. The summed E-state index contributed by atoms with van der Waals surface area (Å²) >= 11 is 1.45. The predicted octanol–water partition coefficient (Wildman–Crippen LogP) is 3.43. The zero-order valence-electron chi connectivity index (χ0n) is 10.4. The van der Waals surface area contributed by atoms with Crippen molar-refractivity contribution in [3.05, 3.63) is 46.2 Å². The van der Waals surface area contributed by atoms with E-state index in [1.165, 1.54) is 11.3 Å². The van der Waals surface area contributed by atoms with Gasteiger partial charge in [0, 0.05) is 18.3 Å². The zero-order valence-corrected chi connectivity index (χ0v) is 11.2. The average Bonchev–Trinajstić information content (AvgIpc) is 2.76. The Morgan fingerprint density at radius 3 is 2.72 bits per heavy atom. The molecular formula is C14H15NO2S. The number of thiophene rings is 1. The van der Waals surface area contributed by atoms with Gasteiger partial charge in [0.2, 0.25) is 0 Å². The molecule has 1 amide bonds. The molecule has 0 unspecified atom stereocenters. The van der Waals surface area contributed by atoms with Crippen LogP contribution in [-0.2, 0) is 0 Å². The Hall–Kier alpha value is -1.81. The second kappa shape index (κ2) is 5.23. The summed E-state index contributed by atoms with van der Waals surface area (Å²) in [6, 6.07) is 8.70. The Morgan fingerprint density at radius 2 is 2.17 bits per heavy atom. The van der Waals surface area contributed by atoms with Gasteiger partial charge in [0.1, 0.15) is 5.75 Å². The van der Waals surface area contributed by atoms with E-state index in [4.69, 9.17) is 0 Å². The predicted molar refractivity (Wildman–Crippen MR) is 74.5 cm³/mol. The van der Waals surface area contributed by atoms with Gasteiger partial charge in [-0.25, -0.2) is 0 Å². The van der Waals surface area contributed by atoms with Crippen molar-refractivity contribution in [3.8, 4) is 5.75 Å². The van der Waals surface area contributed by atoms with Gasteiger partial charge in [-0.2, -0.15) is 0 Å². The number of nitrogens with zero attached hydrogens (tertiary/aromatic N) is 1. The molecule has 0 aliphatic heterocycles. The Labute approximate surface area is 110 Å². The lowest BCUT2D eigenvalue weighted by Gasteiger charge is -2.20. The summed E-state index contributed by atoms with van der Waals surface area (Å²) in [6.07, 6.45) is 0. The second-order valence-corrected chi connectivity index (χ2v) is 4.92. The van der Waals surface area contributed by atoms with E-state index in [9.17, 15) is 9.90 Å². The van der Waals surface area contributed by atoms with Crippen molar-refractivity contribution in [2.24, 2.45) is 0 Å². The molecule has 0 radical (unpaired) electrons. The van der Waals surface area contributed by atoms with Crippen molar-refractivity contribution in [2.45, 2.75) is 13.8 Å². The summed E-state index contributed by atoms with van der Waals surface area (Å²) in [5, 5.41) is 11.4. The number of aryl methyl sites for hydroxylation is 1. The minimum Gasteiger partial charge on any atom is -0.508 e. The number of hydrogen-bond acceptors (Lipinski definition) is 3. The zero-order chi connectivity index (χ0) is 13.1. The van der Waals surface area contributed by atoms with Crippen LogP contribution in [0, 0.1) is 6.92 Å². The van der Waals surface area contributed by atoms with E-state index in [-0.39, 0.29) is 11.7 Å². The van der Waals surface area contributed by atoms with Crippen LogP contribution in [0.3, 0.4) is 0 Å². The number of aromatic hydroxyl groups is 1. The molecule has 3 nitrogen and oxygen atoms in total. The fraction of sp³-hybridized carbons (Fsp3) is 0.214. The van der Waals surface area contributed by atoms with Gasteiger partial charge in [0.25, 0.3) is 5.91 Å². The first-order valence-electron chi connectivity index (χ1n) is 5.78. The molecule has 94 valence electrons. The molecule has 1 aromatic heterocycles. The average molecular weight is 261 g/mol. The number of hydrogen-bond donors (Lipinski definition) is 1. The van der Waals surface area contributed by atoms with Crippen LogP contribution in [0.1, 0.15) is 22.2 Å². The number of rotatable bonds is 3. The molecule has 0 atom stereocenters. The second-order valence-electron chi connectivity index (χ2n) is 4.00. The van der Waals surface area contributed by atoms with Crippen LogP contribution in [0.4, 0.5) is 5.69 Å². The smallest absolute Gasteiger partial charge is 0.268 e. The highest BCUT2D eigenvalue weighted by molar-refractivity contribution is 7.12. The molecule has 0 aliphatic carbocycles. The van der Waals surface area contributed by atoms with Gasteiger partial charge in [-0.1, -0.05) is 6.07 Å². The van der Waals surface area contributed by atoms with E-state index in [1.54, 1.807) is 23.1 Å². The molecule has 18 heavy (non-hydrogen) atoms. The lowest BCUT2D eigenvalue weighted by Crippen LogP contribution is -2.30. The molecule has 2 rings (SSSR count).